The molecule has 2 N–H and O–H groups in total. The normalized spacial score (nSPS) is 16.0. The number of nitrogens with zero attached hydrogens (tertiary/aromatic N) is 4. The maximum atomic E-state index is 10.2. The number of nitrogen functional groups attached to an aromatic ring is 1. The van der Waals surface area contributed by atoms with E-state index in [9.17, 15) is 10.5 Å². The number of ether oxygens (including phenoxy) is 2. The van der Waals surface area contributed by atoms with Crippen LogP contribution < -0.4 is 5.73 Å². The predicted molar refractivity (Wildman–Crippen MR) is 153 cm³/mol. The molecule has 0 radical (unpaired) electrons. The molecule has 1 fully saturated rings. The van der Waals surface area contributed by atoms with Gasteiger partial charge in [0, 0.05) is 21.9 Å². The van der Waals surface area contributed by atoms with E-state index in [1.165, 1.54) is 18.2 Å². The van der Waals surface area contributed by atoms with Crippen LogP contribution in [0.2, 0.25) is 5.02 Å². The van der Waals surface area contributed by atoms with Gasteiger partial charge in [0.25, 0.3) is 0 Å². The van der Waals surface area contributed by atoms with Crippen molar-refractivity contribution in [3.63, 3.8) is 0 Å². The third-order valence-electron chi connectivity index (χ3n) is 6.57. The van der Waals surface area contributed by atoms with E-state index in [0.29, 0.717) is 45.0 Å². The highest BCUT2D eigenvalue weighted by atomic mass is 35.5. The maximum absolute atomic E-state index is 10.2. The van der Waals surface area contributed by atoms with E-state index in [1.807, 2.05) is 50.2 Å². The fourth-order valence-electron chi connectivity index (χ4n) is 4.61. The van der Waals surface area contributed by atoms with E-state index in [-0.39, 0.29) is 17.5 Å². The third-order valence-corrected chi connectivity index (χ3v) is 7.81. The maximum Gasteiger partial charge on any atom is 0.181 e. The number of benzene rings is 2. The molecule has 202 valence electrons. The molecule has 3 heterocycles. The number of nitrogens with two attached hydrogens (primary N) is 1. The Balaban J connectivity index is 1.38. The molecule has 0 saturated carbocycles. The van der Waals surface area contributed by atoms with Crippen molar-refractivity contribution in [1.82, 2.24) is 9.97 Å². The van der Waals surface area contributed by atoms with Crippen molar-refractivity contribution < 1.29 is 13.9 Å². The molecule has 1 atom stereocenters. The van der Waals surface area contributed by atoms with Crippen LogP contribution in [0.25, 0.3) is 22.5 Å². The Hall–Kier alpha value is -3.86. The lowest BCUT2D eigenvalue weighted by molar-refractivity contribution is -0.138. The lowest BCUT2D eigenvalue weighted by Gasteiger charge is -2.17. The molecule has 0 bridgehead atoms. The van der Waals surface area contributed by atoms with Crippen molar-refractivity contribution in [2.24, 2.45) is 0 Å². The second kappa shape index (κ2) is 11.7. The van der Waals surface area contributed by atoms with Crippen LogP contribution in [0.15, 0.2) is 64.4 Å². The molecular weight excluding hydrogens is 546 g/mol. The van der Waals surface area contributed by atoms with E-state index < -0.39 is 5.79 Å². The van der Waals surface area contributed by atoms with Gasteiger partial charge in [-0.25, -0.2) is 9.97 Å². The first-order valence-electron chi connectivity index (χ1n) is 12.6. The quantitative estimate of drug-likeness (QED) is 0.228. The molecule has 2 aromatic heterocycles. The average Bonchev–Trinajstić information content (AvgIpc) is 3.56. The van der Waals surface area contributed by atoms with Gasteiger partial charge >= 0.3 is 0 Å². The molecule has 2 aromatic carbocycles. The summed E-state index contributed by atoms with van der Waals surface area (Å²) in [5.74, 6) is 0.516. The van der Waals surface area contributed by atoms with Crippen LogP contribution in [-0.2, 0) is 21.6 Å². The summed E-state index contributed by atoms with van der Waals surface area (Å²) < 4.78 is 17.2. The van der Waals surface area contributed by atoms with E-state index in [1.54, 1.807) is 12.1 Å². The fraction of sp³-hybridized carbons (Fsp3) is 0.267. The summed E-state index contributed by atoms with van der Waals surface area (Å²) in [6.45, 7) is 4.41. The van der Waals surface area contributed by atoms with E-state index in [0.717, 1.165) is 29.5 Å². The van der Waals surface area contributed by atoms with Gasteiger partial charge in [-0.15, -0.1) is 0 Å². The number of aromatic nitrogens is 2. The highest BCUT2D eigenvalue weighted by Crippen LogP contribution is 2.38. The predicted octanol–water partition coefficient (Wildman–Crippen LogP) is 6.76. The van der Waals surface area contributed by atoms with E-state index in [4.69, 9.17) is 31.2 Å². The monoisotopic (exact) mass is 571 g/mol. The second-order valence-electron chi connectivity index (χ2n) is 9.76. The van der Waals surface area contributed by atoms with Crippen LogP contribution in [0.4, 0.5) is 5.82 Å². The summed E-state index contributed by atoms with van der Waals surface area (Å²) in [7, 11) is 0. The summed E-state index contributed by atoms with van der Waals surface area (Å²) in [5, 5.41) is 21.1. The molecule has 1 aliphatic heterocycles. The Morgan fingerprint density at radius 2 is 1.75 bits per heavy atom. The minimum atomic E-state index is -0.544. The highest BCUT2D eigenvalue weighted by Gasteiger charge is 2.32. The van der Waals surface area contributed by atoms with Crippen LogP contribution in [0.3, 0.4) is 0 Å². The number of halogens is 1. The van der Waals surface area contributed by atoms with Gasteiger partial charge in [-0.1, -0.05) is 47.6 Å². The number of thioether (sulfide) groups is 1. The SMILES string of the molecule is CC1(C)OC[C@@H](CCc2ccc(-c3c(C#N)c(N)nc(SCc4ncoc4-c4ccc(Cl)cc4)c3C#N)cc2)O1. The molecule has 0 amide bonds. The molecule has 5 rings (SSSR count). The molecule has 1 saturated heterocycles. The average molecular weight is 572 g/mol. The van der Waals surface area contributed by atoms with Crippen molar-refractivity contribution in [2.45, 2.75) is 49.4 Å². The first-order chi connectivity index (χ1) is 19.3. The zero-order chi connectivity index (χ0) is 28.3. The Morgan fingerprint density at radius 1 is 1.05 bits per heavy atom. The summed E-state index contributed by atoms with van der Waals surface area (Å²) in [6.07, 6.45) is 3.08. The number of anilines is 1. The van der Waals surface area contributed by atoms with Gasteiger partial charge in [0.1, 0.15) is 28.5 Å². The molecule has 0 unspecified atom stereocenters. The molecule has 10 heteroatoms. The summed E-state index contributed by atoms with van der Waals surface area (Å²) in [5.41, 5.74) is 10.5. The smallest absolute Gasteiger partial charge is 0.181 e. The summed E-state index contributed by atoms with van der Waals surface area (Å²) in [4.78, 5) is 8.77. The van der Waals surface area contributed by atoms with E-state index in [2.05, 4.69) is 22.1 Å². The standard InChI is InChI=1S/C30H26ClN5O3S/c1-30(2)38-15-22(39-30)12-5-18-3-6-19(7-4-18)26-23(13-32)28(34)36-29(24(26)14-33)40-16-25-27(37-17-35-25)20-8-10-21(31)11-9-20/h3-4,6-11,17,22H,5,12,15-16H2,1-2H3,(H2,34,36)/t22-/m1/s1. The van der Waals surface area contributed by atoms with Gasteiger partial charge in [0.05, 0.1) is 24.0 Å². The molecule has 1 aliphatic rings. The first kappa shape index (κ1) is 27.7. The van der Waals surface area contributed by atoms with Gasteiger partial charge < -0.3 is 19.6 Å². The zero-order valence-electron chi connectivity index (χ0n) is 22.0. The van der Waals surface area contributed by atoms with Gasteiger partial charge in [-0.2, -0.15) is 10.5 Å². The van der Waals surface area contributed by atoms with Gasteiger partial charge in [0.15, 0.2) is 17.9 Å². The molecular formula is C30H26ClN5O3S. The second-order valence-corrected chi connectivity index (χ2v) is 11.2. The topological polar surface area (TPSA) is 131 Å². The van der Waals surface area contributed by atoms with Gasteiger partial charge in [0.2, 0.25) is 0 Å². The third kappa shape index (κ3) is 5.99. The van der Waals surface area contributed by atoms with Gasteiger partial charge in [-0.3, -0.25) is 0 Å². The lowest BCUT2D eigenvalue weighted by Crippen LogP contribution is -2.21. The van der Waals surface area contributed by atoms with Gasteiger partial charge in [-0.05, 0) is 62.1 Å². The number of aryl methyl sites for hydroxylation is 1. The van der Waals surface area contributed by atoms with Crippen LogP contribution in [0.1, 0.15) is 42.7 Å². The first-order valence-corrected chi connectivity index (χ1v) is 14.0. The van der Waals surface area contributed by atoms with Crippen molar-refractivity contribution in [2.75, 3.05) is 12.3 Å². The number of hydrogen-bond donors (Lipinski definition) is 1. The molecule has 40 heavy (non-hydrogen) atoms. The number of hydrogen-bond acceptors (Lipinski definition) is 9. The number of pyridine rings is 1. The van der Waals surface area contributed by atoms with Crippen molar-refractivity contribution >= 4 is 29.2 Å². The summed E-state index contributed by atoms with van der Waals surface area (Å²) >= 11 is 7.33. The van der Waals surface area contributed by atoms with Crippen LogP contribution >= 0.6 is 23.4 Å². The molecule has 4 aromatic rings. The minimum Gasteiger partial charge on any atom is -0.443 e. The Labute approximate surface area is 241 Å². The van der Waals surface area contributed by atoms with E-state index >= 15 is 0 Å². The van der Waals surface area contributed by atoms with Crippen molar-refractivity contribution in [3.8, 4) is 34.6 Å². The number of rotatable bonds is 8. The van der Waals surface area contributed by atoms with Crippen LogP contribution in [-0.4, -0.2) is 28.5 Å². The Kier molecular flexibility index (Phi) is 8.11. The zero-order valence-corrected chi connectivity index (χ0v) is 23.6. The molecule has 8 nitrogen and oxygen atoms in total. The highest BCUT2D eigenvalue weighted by molar-refractivity contribution is 7.98. The lowest BCUT2D eigenvalue weighted by atomic mass is 9.95. The summed E-state index contributed by atoms with van der Waals surface area (Å²) in [6, 6.07) is 19.5. The number of nitriles is 2. The largest absolute Gasteiger partial charge is 0.443 e. The Bertz CT molecular complexity index is 1600. The number of oxazole rings is 1. The fourth-order valence-corrected chi connectivity index (χ4v) is 5.67. The molecule has 0 aliphatic carbocycles. The van der Waals surface area contributed by atoms with Crippen LogP contribution in [0, 0.1) is 22.7 Å². The van der Waals surface area contributed by atoms with Crippen molar-refractivity contribution in [1.29, 1.82) is 10.5 Å². The molecule has 0 spiro atoms. The van der Waals surface area contributed by atoms with Crippen LogP contribution in [0.5, 0.6) is 0 Å². The Morgan fingerprint density at radius 3 is 2.40 bits per heavy atom. The van der Waals surface area contributed by atoms with Crippen molar-refractivity contribution in [3.05, 3.63) is 82.3 Å². The minimum absolute atomic E-state index is 0.0505.